The normalized spacial score (nSPS) is 12.2. The summed E-state index contributed by atoms with van der Waals surface area (Å²) in [6, 6.07) is 7.04. The molecule has 82 valence electrons. The molecule has 4 nitrogen and oxygen atoms in total. The van der Waals surface area contributed by atoms with Gasteiger partial charge in [0.1, 0.15) is 6.23 Å². The van der Waals surface area contributed by atoms with Crippen LogP contribution in [0.4, 0.5) is 0 Å². The molecule has 0 spiro atoms. The molecule has 0 heterocycles. The fraction of sp³-hybridized carbons (Fsp3) is 0.300. The van der Waals surface area contributed by atoms with E-state index in [0.717, 1.165) is 3.57 Å². The molecule has 0 aliphatic carbocycles. The van der Waals surface area contributed by atoms with Gasteiger partial charge in [0.05, 0.1) is 0 Å². The van der Waals surface area contributed by atoms with E-state index in [0.29, 0.717) is 5.56 Å². The molecular formula is C10H12INO3. The van der Waals surface area contributed by atoms with Crippen LogP contribution in [0.2, 0.25) is 0 Å². The van der Waals surface area contributed by atoms with Crippen LogP contribution in [0.5, 0.6) is 0 Å². The van der Waals surface area contributed by atoms with Gasteiger partial charge in [-0.1, -0.05) is 6.07 Å². The maximum absolute atomic E-state index is 11.5. The highest BCUT2D eigenvalue weighted by Gasteiger charge is 2.10. The maximum Gasteiger partial charge on any atom is 0.253 e. The molecule has 0 bridgehead atoms. The van der Waals surface area contributed by atoms with Gasteiger partial charge in [0, 0.05) is 22.2 Å². The van der Waals surface area contributed by atoms with Crippen molar-refractivity contribution < 1.29 is 15.0 Å². The molecule has 0 saturated heterocycles. The van der Waals surface area contributed by atoms with Crippen molar-refractivity contribution in [1.29, 1.82) is 0 Å². The molecule has 1 amide bonds. The molecule has 0 aromatic heterocycles. The van der Waals surface area contributed by atoms with Crippen LogP contribution in [0.3, 0.4) is 0 Å². The predicted molar refractivity (Wildman–Crippen MR) is 64.3 cm³/mol. The molecule has 15 heavy (non-hydrogen) atoms. The van der Waals surface area contributed by atoms with E-state index in [1.54, 1.807) is 18.2 Å². The summed E-state index contributed by atoms with van der Waals surface area (Å²) >= 11 is 2.11. The van der Waals surface area contributed by atoms with Crippen LogP contribution in [-0.4, -0.2) is 29.0 Å². The fourth-order valence-electron chi connectivity index (χ4n) is 1.06. The summed E-state index contributed by atoms with van der Waals surface area (Å²) in [6.45, 7) is -0.159. The van der Waals surface area contributed by atoms with Crippen molar-refractivity contribution in [2.45, 2.75) is 12.6 Å². The van der Waals surface area contributed by atoms with Crippen molar-refractivity contribution >= 4 is 28.5 Å². The molecule has 1 rings (SSSR count). The molecule has 1 aromatic carbocycles. The van der Waals surface area contributed by atoms with E-state index in [-0.39, 0.29) is 18.9 Å². The molecule has 0 radical (unpaired) electrons. The number of aliphatic hydroxyl groups excluding tert-OH is 2. The number of hydrogen-bond acceptors (Lipinski definition) is 3. The Balaban J connectivity index is 2.61. The highest BCUT2D eigenvalue weighted by Crippen LogP contribution is 2.07. The molecule has 1 atom stereocenters. The zero-order chi connectivity index (χ0) is 11.3. The Morgan fingerprint density at radius 3 is 2.87 bits per heavy atom. The van der Waals surface area contributed by atoms with Crippen molar-refractivity contribution in [3.05, 3.63) is 33.4 Å². The third-order valence-corrected chi connectivity index (χ3v) is 2.46. The fourth-order valence-corrected chi connectivity index (χ4v) is 1.60. The monoisotopic (exact) mass is 321 g/mol. The molecule has 0 aliphatic rings. The lowest BCUT2D eigenvalue weighted by molar-refractivity contribution is 0.0709. The molecular weight excluding hydrogens is 309 g/mol. The van der Waals surface area contributed by atoms with E-state index in [4.69, 9.17) is 5.11 Å². The van der Waals surface area contributed by atoms with Gasteiger partial charge >= 0.3 is 0 Å². The summed E-state index contributed by atoms with van der Waals surface area (Å²) in [6.07, 6.45) is -0.865. The third kappa shape index (κ3) is 4.15. The number of rotatable bonds is 4. The molecule has 0 saturated carbocycles. The summed E-state index contributed by atoms with van der Waals surface area (Å²) in [5.74, 6) is -0.338. The van der Waals surface area contributed by atoms with E-state index in [2.05, 4.69) is 27.9 Å². The van der Waals surface area contributed by atoms with E-state index in [9.17, 15) is 9.90 Å². The second kappa shape index (κ2) is 6.04. The SMILES string of the molecule is O=C(NC(O)CCO)c1cccc(I)c1. The van der Waals surface area contributed by atoms with Crippen molar-refractivity contribution in [2.24, 2.45) is 0 Å². The quantitative estimate of drug-likeness (QED) is 0.565. The van der Waals surface area contributed by atoms with Gasteiger partial charge in [-0.15, -0.1) is 0 Å². The Bertz CT molecular complexity index is 343. The summed E-state index contributed by atoms with van der Waals surface area (Å²) in [5, 5.41) is 20.2. The summed E-state index contributed by atoms with van der Waals surface area (Å²) < 4.78 is 0.955. The first kappa shape index (κ1) is 12.4. The third-order valence-electron chi connectivity index (χ3n) is 1.79. The van der Waals surface area contributed by atoms with Gasteiger partial charge < -0.3 is 15.5 Å². The van der Waals surface area contributed by atoms with Crippen molar-refractivity contribution in [2.75, 3.05) is 6.61 Å². The van der Waals surface area contributed by atoms with Gasteiger partial charge in [-0.05, 0) is 40.8 Å². The lowest BCUT2D eigenvalue weighted by Crippen LogP contribution is -2.35. The number of nitrogens with one attached hydrogen (secondary N) is 1. The second-order valence-electron chi connectivity index (χ2n) is 3.01. The zero-order valence-electron chi connectivity index (χ0n) is 7.98. The first-order valence-corrected chi connectivity index (χ1v) is 5.56. The number of halogens is 1. The number of carbonyl (C=O) groups is 1. The number of hydrogen-bond donors (Lipinski definition) is 3. The second-order valence-corrected chi connectivity index (χ2v) is 4.26. The van der Waals surface area contributed by atoms with Crippen LogP contribution in [0.25, 0.3) is 0 Å². The minimum Gasteiger partial charge on any atom is -0.396 e. The minimum absolute atomic E-state index is 0.135. The Labute approximate surface area is 101 Å². The van der Waals surface area contributed by atoms with Crippen LogP contribution in [0, 0.1) is 3.57 Å². The number of carbonyl (C=O) groups excluding carboxylic acids is 1. The maximum atomic E-state index is 11.5. The highest BCUT2D eigenvalue weighted by atomic mass is 127. The Morgan fingerprint density at radius 2 is 2.27 bits per heavy atom. The topological polar surface area (TPSA) is 69.6 Å². The summed E-state index contributed by atoms with van der Waals surface area (Å²) in [5.41, 5.74) is 0.499. The Kier molecular flexibility index (Phi) is 5.00. The van der Waals surface area contributed by atoms with E-state index in [1.165, 1.54) is 0 Å². The summed E-state index contributed by atoms with van der Waals surface area (Å²) in [4.78, 5) is 11.5. The van der Waals surface area contributed by atoms with Crippen LogP contribution >= 0.6 is 22.6 Å². The minimum atomic E-state index is -1.000. The van der Waals surface area contributed by atoms with E-state index in [1.807, 2.05) is 6.07 Å². The highest BCUT2D eigenvalue weighted by molar-refractivity contribution is 14.1. The van der Waals surface area contributed by atoms with Crippen molar-refractivity contribution in [3.8, 4) is 0 Å². The lowest BCUT2D eigenvalue weighted by Gasteiger charge is -2.11. The van der Waals surface area contributed by atoms with E-state index >= 15 is 0 Å². The van der Waals surface area contributed by atoms with Gasteiger partial charge in [0.25, 0.3) is 5.91 Å². The lowest BCUT2D eigenvalue weighted by atomic mass is 10.2. The smallest absolute Gasteiger partial charge is 0.253 e. The molecule has 0 aliphatic heterocycles. The van der Waals surface area contributed by atoms with Gasteiger partial charge in [-0.2, -0.15) is 0 Å². The van der Waals surface area contributed by atoms with Crippen LogP contribution in [0.1, 0.15) is 16.8 Å². The average Bonchev–Trinajstić information content (AvgIpc) is 2.18. The van der Waals surface area contributed by atoms with Crippen LogP contribution < -0.4 is 5.32 Å². The molecule has 5 heteroatoms. The van der Waals surface area contributed by atoms with Crippen molar-refractivity contribution in [3.63, 3.8) is 0 Å². The molecule has 3 N–H and O–H groups in total. The zero-order valence-corrected chi connectivity index (χ0v) is 10.1. The predicted octanol–water partition coefficient (Wildman–Crippen LogP) is 0.722. The molecule has 0 fully saturated rings. The molecule has 1 aromatic rings. The standard InChI is InChI=1S/C10H12INO3/c11-8-3-1-2-7(6-8)10(15)12-9(14)4-5-13/h1-3,6,9,13-14H,4-5H2,(H,12,15). The average molecular weight is 321 g/mol. The van der Waals surface area contributed by atoms with Gasteiger partial charge in [0.15, 0.2) is 0 Å². The first-order chi connectivity index (χ1) is 7.13. The Hall–Kier alpha value is -0.660. The van der Waals surface area contributed by atoms with Gasteiger partial charge in [-0.3, -0.25) is 4.79 Å². The number of benzene rings is 1. The number of aliphatic hydroxyl groups is 2. The molecule has 1 unspecified atom stereocenters. The van der Waals surface area contributed by atoms with Crippen LogP contribution in [0.15, 0.2) is 24.3 Å². The van der Waals surface area contributed by atoms with Crippen LogP contribution in [-0.2, 0) is 0 Å². The first-order valence-electron chi connectivity index (χ1n) is 4.49. The van der Waals surface area contributed by atoms with E-state index < -0.39 is 6.23 Å². The van der Waals surface area contributed by atoms with Gasteiger partial charge in [-0.25, -0.2) is 0 Å². The number of amides is 1. The summed E-state index contributed by atoms with van der Waals surface area (Å²) in [7, 11) is 0. The van der Waals surface area contributed by atoms with Gasteiger partial charge in [0.2, 0.25) is 0 Å². The van der Waals surface area contributed by atoms with Crippen molar-refractivity contribution in [1.82, 2.24) is 5.32 Å². The Morgan fingerprint density at radius 1 is 1.53 bits per heavy atom. The largest absolute Gasteiger partial charge is 0.396 e.